The van der Waals surface area contributed by atoms with E-state index in [1.54, 1.807) is 0 Å². The second-order valence-corrected chi connectivity index (χ2v) is 5.26. The van der Waals surface area contributed by atoms with Crippen molar-refractivity contribution in [2.45, 2.75) is 79.1 Å². The van der Waals surface area contributed by atoms with Gasteiger partial charge in [0.15, 0.2) is 12.6 Å². The topological polar surface area (TPSA) is 36.9 Å². The smallest absolute Gasteiger partial charge is 0.321 e. The summed E-state index contributed by atoms with van der Waals surface area (Å²) in [6.45, 7) is 10.4. The Kier molecular flexibility index (Phi) is 15.8. The Bertz CT molecular complexity index is 256. The lowest BCUT2D eigenvalue weighted by molar-refractivity contribution is -0.0822. The van der Waals surface area contributed by atoms with Gasteiger partial charge in [-0.3, -0.25) is 0 Å². The maximum absolute atomic E-state index is 5.61. The third-order valence-electron chi connectivity index (χ3n) is 3.21. The summed E-state index contributed by atoms with van der Waals surface area (Å²) in [5.41, 5.74) is 0. The summed E-state index contributed by atoms with van der Waals surface area (Å²) in [6.07, 6.45) is 9.39. The zero-order valence-corrected chi connectivity index (χ0v) is 15.1. The molecule has 0 aliphatic rings. The molecule has 0 N–H and O–H groups in total. The van der Waals surface area contributed by atoms with E-state index in [1.807, 2.05) is 13.8 Å². The van der Waals surface area contributed by atoms with E-state index in [9.17, 15) is 0 Å². The molecule has 0 aromatic carbocycles. The van der Waals surface area contributed by atoms with Crippen molar-refractivity contribution in [3.05, 3.63) is 11.7 Å². The van der Waals surface area contributed by atoms with Gasteiger partial charge in [0.05, 0.1) is 19.8 Å². The first kappa shape index (κ1) is 21.1. The predicted octanol–water partition coefficient (Wildman–Crippen LogP) is 5.38. The SMILES string of the molecule is CCCCCCCCOCO/C(OCC)=C(/CCC)OCC. The van der Waals surface area contributed by atoms with Crippen molar-refractivity contribution in [1.29, 1.82) is 0 Å². The first-order chi connectivity index (χ1) is 10.8. The van der Waals surface area contributed by atoms with Gasteiger partial charge in [-0.25, -0.2) is 0 Å². The number of allylic oxidation sites excluding steroid dienone is 1. The minimum absolute atomic E-state index is 0.227. The van der Waals surface area contributed by atoms with Crippen LogP contribution < -0.4 is 0 Å². The van der Waals surface area contributed by atoms with Crippen LogP contribution in [-0.2, 0) is 18.9 Å². The maximum atomic E-state index is 5.61. The minimum Gasteiger partial charge on any atom is -0.491 e. The van der Waals surface area contributed by atoms with E-state index in [0.717, 1.165) is 31.6 Å². The molecule has 4 nitrogen and oxygen atoms in total. The van der Waals surface area contributed by atoms with Crippen LogP contribution in [0.2, 0.25) is 0 Å². The zero-order valence-electron chi connectivity index (χ0n) is 15.1. The lowest BCUT2D eigenvalue weighted by Gasteiger charge is -2.16. The van der Waals surface area contributed by atoms with Crippen LogP contribution in [0.4, 0.5) is 0 Å². The summed E-state index contributed by atoms with van der Waals surface area (Å²) in [5, 5.41) is 0. The fourth-order valence-corrected chi connectivity index (χ4v) is 2.11. The second kappa shape index (κ2) is 16.5. The van der Waals surface area contributed by atoms with Crippen LogP contribution in [0.15, 0.2) is 11.7 Å². The molecular weight excluding hydrogens is 280 g/mol. The van der Waals surface area contributed by atoms with E-state index < -0.39 is 0 Å². The monoisotopic (exact) mass is 316 g/mol. The fraction of sp³-hybridized carbons (Fsp3) is 0.889. The van der Waals surface area contributed by atoms with Crippen molar-refractivity contribution in [3.63, 3.8) is 0 Å². The highest BCUT2D eigenvalue weighted by atomic mass is 16.7. The highest BCUT2D eigenvalue weighted by Crippen LogP contribution is 2.16. The molecule has 132 valence electrons. The highest BCUT2D eigenvalue weighted by Gasteiger charge is 2.10. The van der Waals surface area contributed by atoms with Gasteiger partial charge in [-0.15, -0.1) is 0 Å². The molecule has 0 heterocycles. The molecule has 4 heteroatoms. The molecule has 0 fully saturated rings. The Balaban J connectivity index is 3.91. The third kappa shape index (κ3) is 11.7. The van der Waals surface area contributed by atoms with E-state index in [1.165, 1.54) is 32.1 Å². The van der Waals surface area contributed by atoms with E-state index >= 15 is 0 Å². The van der Waals surface area contributed by atoms with Gasteiger partial charge < -0.3 is 18.9 Å². The van der Waals surface area contributed by atoms with E-state index in [4.69, 9.17) is 18.9 Å². The molecule has 0 atom stereocenters. The van der Waals surface area contributed by atoms with Crippen molar-refractivity contribution < 1.29 is 18.9 Å². The van der Waals surface area contributed by atoms with Crippen molar-refractivity contribution in [2.75, 3.05) is 26.6 Å². The van der Waals surface area contributed by atoms with Crippen molar-refractivity contribution in [2.24, 2.45) is 0 Å². The Hall–Kier alpha value is -0.900. The maximum Gasteiger partial charge on any atom is 0.321 e. The summed E-state index contributed by atoms with van der Waals surface area (Å²) < 4.78 is 22.3. The standard InChI is InChI=1S/C18H36O4/c1-5-9-10-11-12-13-15-19-16-22-18(21-8-4)17(14-6-2)20-7-3/h5-16H2,1-4H3/b18-17-. The molecule has 0 bridgehead atoms. The Morgan fingerprint density at radius 1 is 0.682 bits per heavy atom. The fourth-order valence-electron chi connectivity index (χ4n) is 2.11. The lowest BCUT2D eigenvalue weighted by Crippen LogP contribution is -2.09. The van der Waals surface area contributed by atoms with Crippen LogP contribution in [0.1, 0.15) is 79.1 Å². The van der Waals surface area contributed by atoms with Gasteiger partial charge in [-0.05, 0) is 26.7 Å². The molecule has 0 aliphatic heterocycles. The molecule has 0 unspecified atom stereocenters. The molecule has 0 aromatic rings. The number of hydrogen-bond donors (Lipinski definition) is 0. The first-order valence-electron chi connectivity index (χ1n) is 8.99. The minimum atomic E-state index is 0.227. The quantitative estimate of drug-likeness (QED) is 0.218. The lowest BCUT2D eigenvalue weighted by atomic mass is 10.1. The molecule has 22 heavy (non-hydrogen) atoms. The molecule has 0 spiro atoms. The van der Waals surface area contributed by atoms with Gasteiger partial charge in [-0.2, -0.15) is 0 Å². The Morgan fingerprint density at radius 2 is 1.36 bits per heavy atom. The van der Waals surface area contributed by atoms with Crippen LogP contribution in [0, 0.1) is 0 Å². The van der Waals surface area contributed by atoms with Crippen molar-refractivity contribution in [1.82, 2.24) is 0 Å². The first-order valence-corrected chi connectivity index (χ1v) is 8.99. The van der Waals surface area contributed by atoms with Crippen LogP contribution in [0.5, 0.6) is 0 Å². The molecule has 0 rings (SSSR count). The summed E-state index contributed by atoms with van der Waals surface area (Å²) >= 11 is 0. The summed E-state index contributed by atoms with van der Waals surface area (Å²) in [4.78, 5) is 0. The number of hydrogen-bond acceptors (Lipinski definition) is 4. The third-order valence-corrected chi connectivity index (χ3v) is 3.21. The van der Waals surface area contributed by atoms with Crippen molar-refractivity contribution in [3.8, 4) is 0 Å². The summed E-state index contributed by atoms with van der Waals surface area (Å²) in [6, 6.07) is 0. The second-order valence-electron chi connectivity index (χ2n) is 5.26. The van der Waals surface area contributed by atoms with Gasteiger partial charge in [0, 0.05) is 6.42 Å². The average molecular weight is 316 g/mol. The van der Waals surface area contributed by atoms with Crippen LogP contribution in [0.25, 0.3) is 0 Å². The van der Waals surface area contributed by atoms with Crippen LogP contribution in [0.3, 0.4) is 0 Å². The average Bonchev–Trinajstić information content (AvgIpc) is 2.52. The largest absolute Gasteiger partial charge is 0.491 e. The number of ether oxygens (including phenoxy) is 4. The van der Waals surface area contributed by atoms with Gasteiger partial charge in [-0.1, -0.05) is 46.0 Å². The van der Waals surface area contributed by atoms with E-state index in [-0.39, 0.29) is 6.79 Å². The molecular formula is C18H36O4. The van der Waals surface area contributed by atoms with E-state index in [2.05, 4.69) is 13.8 Å². The molecule has 0 saturated heterocycles. The predicted molar refractivity (Wildman–Crippen MR) is 90.5 cm³/mol. The Morgan fingerprint density at radius 3 is 2.00 bits per heavy atom. The van der Waals surface area contributed by atoms with Gasteiger partial charge >= 0.3 is 5.95 Å². The molecule has 0 amide bonds. The van der Waals surface area contributed by atoms with Crippen molar-refractivity contribution >= 4 is 0 Å². The normalized spacial score (nSPS) is 12.0. The molecule has 0 aliphatic carbocycles. The van der Waals surface area contributed by atoms with Gasteiger partial charge in [0.1, 0.15) is 0 Å². The van der Waals surface area contributed by atoms with Crippen LogP contribution >= 0.6 is 0 Å². The molecule has 0 aromatic heterocycles. The number of rotatable bonds is 16. The van der Waals surface area contributed by atoms with Gasteiger partial charge in [0.25, 0.3) is 0 Å². The van der Waals surface area contributed by atoms with E-state index in [0.29, 0.717) is 19.2 Å². The molecule has 0 saturated carbocycles. The van der Waals surface area contributed by atoms with Crippen LogP contribution in [-0.4, -0.2) is 26.6 Å². The number of unbranched alkanes of at least 4 members (excludes halogenated alkanes) is 5. The zero-order chi connectivity index (χ0) is 16.5. The molecule has 0 radical (unpaired) electrons. The summed E-state index contributed by atoms with van der Waals surface area (Å²) in [7, 11) is 0. The van der Waals surface area contributed by atoms with Gasteiger partial charge in [0.2, 0.25) is 0 Å². The summed E-state index contributed by atoms with van der Waals surface area (Å²) in [5.74, 6) is 1.27. The Labute approximate surface area is 137 Å². The highest BCUT2D eigenvalue weighted by molar-refractivity contribution is 4.94.